The van der Waals surface area contributed by atoms with Crippen molar-refractivity contribution in [1.82, 2.24) is 0 Å². The van der Waals surface area contributed by atoms with E-state index >= 15 is 0 Å². The van der Waals surface area contributed by atoms with Crippen LogP contribution >= 0.6 is 0 Å². The van der Waals surface area contributed by atoms with Crippen molar-refractivity contribution in [3.63, 3.8) is 0 Å². The number of anilines is 1. The molecule has 0 saturated carbocycles. The summed E-state index contributed by atoms with van der Waals surface area (Å²) >= 11 is 0. The van der Waals surface area contributed by atoms with E-state index in [2.05, 4.69) is 36.6 Å². The van der Waals surface area contributed by atoms with Crippen molar-refractivity contribution >= 4 is 17.5 Å². The number of benzene rings is 2. The monoisotopic (exact) mass is 340 g/mol. The summed E-state index contributed by atoms with van der Waals surface area (Å²) in [5.41, 5.74) is 7.50. The minimum absolute atomic E-state index is 0.0755. The molecule has 2 atom stereocenters. The van der Waals surface area contributed by atoms with Gasteiger partial charge in [-0.2, -0.15) is 0 Å². The highest BCUT2D eigenvalue weighted by atomic mass is 16.2. The molecule has 132 valence electrons. The van der Waals surface area contributed by atoms with E-state index in [9.17, 15) is 9.59 Å². The van der Waals surface area contributed by atoms with Gasteiger partial charge in [0.15, 0.2) is 6.04 Å². The molecular weight excluding hydrogens is 314 g/mol. The molecule has 2 amide bonds. The van der Waals surface area contributed by atoms with Crippen molar-refractivity contribution < 1.29 is 14.9 Å². The van der Waals surface area contributed by atoms with Crippen LogP contribution in [0.1, 0.15) is 42.7 Å². The Bertz CT molecular complexity index is 711. The Labute approximate surface area is 148 Å². The molecule has 2 aromatic rings. The van der Waals surface area contributed by atoms with Gasteiger partial charge in [0, 0.05) is 22.7 Å². The van der Waals surface area contributed by atoms with E-state index in [0.717, 1.165) is 0 Å². The van der Waals surface area contributed by atoms with Gasteiger partial charge in [0.1, 0.15) is 6.04 Å². The third kappa shape index (κ3) is 5.16. The lowest BCUT2D eigenvalue weighted by atomic mass is 9.95. The second kappa shape index (κ2) is 8.44. The standard InChI is InChI=1S/C20H25N3O2/c1-13(2)18(15-7-5-4-6-8-15)22-14(3)20(25)23-17-11-9-16(10-12-17)19(21)24/h4-14,18,22H,1-3H3,(H2,21,24)(H,23,25)/p+1/t14-,18-/m0/s1. The summed E-state index contributed by atoms with van der Waals surface area (Å²) in [7, 11) is 0. The first-order valence-electron chi connectivity index (χ1n) is 8.49. The molecule has 0 fully saturated rings. The van der Waals surface area contributed by atoms with Crippen LogP contribution in [-0.4, -0.2) is 17.9 Å². The summed E-state index contributed by atoms with van der Waals surface area (Å²) in [4.78, 5) is 23.6. The molecule has 0 aliphatic carbocycles. The average molecular weight is 340 g/mol. The van der Waals surface area contributed by atoms with Gasteiger partial charge in [-0.1, -0.05) is 44.2 Å². The smallest absolute Gasteiger partial charge is 0.282 e. The third-order valence-corrected chi connectivity index (χ3v) is 4.25. The molecule has 5 N–H and O–H groups in total. The van der Waals surface area contributed by atoms with Crippen molar-refractivity contribution in [2.45, 2.75) is 32.9 Å². The molecule has 25 heavy (non-hydrogen) atoms. The fourth-order valence-corrected chi connectivity index (χ4v) is 2.77. The number of hydrogen-bond acceptors (Lipinski definition) is 2. The Balaban J connectivity index is 2.02. The predicted molar refractivity (Wildman–Crippen MR) is 99.0 cm³/mol. The maximum Gasteiger partial charge on any atom is 0.282 e. The van der Waals surface area contributed by atoms with Gasteiger partial charge in [0.2, 0.25) is 5.91 Å². The number of hydrogen-bond donors (Lipinski definition) is 3. The van der Waals surface area contributed by atoms with E-state index in [1.165, 1.54) is 5.56 Å². The highest BCUT2D eigenvalue weighted by Crippen LogP contribution is 2.17. The fourth-order valence-electron chi connectivity index (χ4n) is 2.77. The maximum absolute atomic E-state index is 12.5. The van der Waals surface area contributed by atoms with Crippen LogP contribution < -0.4 is 16.4 Å². The minimum atomic E-state index is -0.484. The number of amides is 2. The Morgan fingerprint density at radius 1 is 0.960 bits per heavy atom. The zero-order valence-corrected chi connectivity index (χ0v) is 14.9. The quantitative estimate of drug-likeness (QED) is 0.720. The van der Waals surface area contributed by atoms with Gasteiger partial charge in [-0.15, -0.1) is 0 Å². The van der Waals surface area contributed by atoms with Crippen LogP contribution in [0.4, 0.5) is 5.69 Å². The summed E-state index contributed by atoms with van der Waals surface area (Å²) in [5.74, 6) is -0.164. The topological polar surface area (TPSA) is 88.8 Å². The van der Waals surface area contributed by atoms with Gasteiger partial charge in [-0.3, -0.25) is 9.59 Å². The van der Waals surface area contributed by atoms with Crippen molar-refractivity contribution in [3.8, 4) is 0 Å². The van der Waals surface area contributed by atoms with Gasteiger partial charge in [0.05, 0.1) is 0 Å². The number of quaternary nitrogens is 1. The molecule has 0 bridgehead atoms. The van der Waals surface area contributed by atoms with Crippen LogP contribution in [0, 0.1) is 5.92 Å². The van der Waals surface area contributed by atoms with Crippen LogP contribution in [0.5, 0.6) is 0 Å². The van der Waals surface area contributed by atoms with Gasteiger partial charge < -0.3 is 16.4 Å². The molecule has 0 radical (unpaired) electrons. The Morgan fingerprint density at radius 3 is 2.08 bits per heavy atom. The molecule has 0 heterocycles. The summed E-state index contributed by atoms with van der Waals surface area (Å²) < 4.78 is 0. The molecule has 0 aliphatic heterocycles. The van der Waals surface area contributed by atoms with Crippen molar-refractivity contribution in [2.24, 2.45) is 11.7 Å². The second-order valence-corrected chi connectivity index (χ2v) is 6.59. The molecule has 5 nitrogen and oxygen atoms in total. The van der Waals surface area contributed by atoms with Gasteiger partial charge in [0.25, 0.3) is 5.91 Å². The normalized spacial score (nSPS) is 13.3. The van der Waals surface area contributed by atoms with Gasteiger partial charge in [-0.05, 0) is 31.2 Å². The molecule has 0 spiro atoms. The number of nitrogens with one attached hydrogen (secondary N) is 1. The van der Waals surface area contributed by atoms with E-state index in [-0.39, 0.29) is 18.0 Å². The Kier molecular flexibility index (Phi) is 6.31. The summed E-state index contributed by atoms with van der Waals surface area (Å²) in [6.07, 6.45) is 0. The first-order valence-corrected chi connectivity index (χ1v) is 8.49. The number of primary amides is 1. The number of carbonyl (C=O) groups excluding carboxylic acids is 2. The van der Waals surface area contributed by atoms with Crippen molar-refractivity contribution in [3.05, 3.63) is 65.7 Å². The van der Waals surface area contributed by atoms with Gasteiger partial charge >= 0.3 is 0 Å². The fraction of sp³-hybridized carbons (Fsp3) is 0.300. The van der Waals surface area contributed by atoms with E-state index in [1.807, 2.05) is 25.1 Å². The van der Waals surface area contributed by atoms with E-state index < -0.39 is 5.91 Å². The predicted octanol–water partition coefficient (Wildman–Crippen LogP) is 2.07. The summed E-state index contributed by atoms with van der Waals surface area (Å²) in [5, 5.41) is 4.97. The Morgan fingerprint density at radius 2 is 1.56 bits per heavy atom. The number of carbonyl (C=O) groups is 2. The van der Waals surface area contributed by atoms with E-state index in [0.29, 0.717) is 17.2 Å². The average Bonchev–Trinajstić information content (AvgIpc) is 2.60. The molecule has 0 unspecified atom stereocenters. The number of nitrogens with two attached hydrogens (primary N) is 2. The van der Waals surface area contributed by atoms with Crippen LogP contribution in [0.2, 0.25) is 0 Å². The first kappa shape index (κ1) is 18.7. The van der Waals surface area contributed by atoms with Crippen LogP contribution in [0.15, 0.2) is 54.6 Å². The lowest BCUT2D eigenvalue weighted by molar-refractivity contribution is -0.718. The largest absolute Gasteiger partial charge is 0.366 e. The maximum atomic E-state index is 12.5. The minimum Gasteiger partial charge on any atom is -0.366 e. The molecule has 0 aliphatic rings. The lowest BCUT2D eigenvalue weighted by Crippen LogP contribution is -2.93. The van der Waals surface area contributed by atoms with Crippen LogP contribution in [0.25, 0.3) is 0 Å². The Hall–Kier alpha value is -2.66. The second-order valence-electron chi connectivity index (χ2n) is 6.59. The van der Waals surface area contributed by atoms with E-state index in [4.69, 9.17) is 5.73 Å². The molecular formula is C20H26N3O2+. The lowest BCUT2D eigenvalue weighted by Gasteiger charge is -2.23. The third-order valence-electron chi connectivity index (χ3n) is 4.25. The van der Waals surface area contributed by atoms with E-state index in [1.54, 1.807) is 24.3 Å². The van der Waals surface area contributed by atoms with Gasteiger partial charge in [-0.25, -0.2) is 0 Å². The molecule has 5 heteroatoms. The highest BCUT2D eigenvalue weighted by Gasteiger charge is 2.25. The number of rotatable bonds is 7. The first-order chi connectivity index (χ1) is 11.9. The molecule has 2 aromatic carbocycles. The summed E-state index contributed by atoms with van der Waals surface area (Å²) in [6.45, 7) is 6.20. The van der Waals surface area contributed by atoms with Crippen molar-refractivity contribution in [1.29, 1.82) is 0 Å². The highest BCUT2D eigenvalue weighted by molar-refractivity contribution is 5.95. The molecule has 0 saturated heterocycles. The van der Waals surface area contributed by atoms with Crippen LogP contribution in [-0.2, 0) is 4.79 Å². The molecule has 0 aromatic heterocycles. The summed E-state index contributed by atoms with van der Waals surface area (Å²) in [6, 6.07) is 16.7. The van der Waals surface area contributed by atoms with Crippen LogP contribution in [0.3, 0.4) is 0 Å². The zero-order valence-electron chi connectivity index (χ0n) is 14.9. The van der Waals surface area contributed by atoms with Crippen molar-refractivity contribution in [2.75, 3.05) is 5.32 Å². The molecule has 2 rings (SSSR count). The SMILES string of the molecule is CC(C)[C@H]([NH2+][C@@H](C)C(=O)Nc1ccc(C(N)=O)cc1)c1ccccc1. The zero-order chi connectivity index (χ0) is 18.4.